The molecule has 0 aliphatic heterocycles. The van der Waals surface area contributed by atoms with Gasteiger partial charge in [0, 0.05) is 24.7 Å². The van der Waals surface area contributed by atoms with Gasteiger partial charge < -0.3 is 5.32 Å². The number of rotatable bonds is 5. The fourth-order valence-electron chi connectivity index (χ4n) is 3.48. The summed E-state index contributed by atoms with van der Waals surface area (Å²) in [5.41, 5.74) is 3.20. The molecule has 0 saturated carbocycles. The largest absolute Gasteiger partial charge is 0.349 e. The first-order chi connectivity index (χ1) is 12.6. The quantitative estimate of drug-likeness (QED) is 0.721. The third kappa shape index (κ3) is 3.51. The lowest BCUT2D eigenvalue weighted by atomic mass is 10.1. The van der Waals surface area contributed by atoms with Crippen molar-refractivity contribution in [3.8, 4) is 0 Å². The molecule has 3 aromatic rings. The molecule has 4 rings (SSSR count). The molecule has 7 heteroatoms. The van der Waals surface area contributed by atoms with Crippen molar-refractivity contribution < 1.29 is 0 Å². The number of hydrogen-bond donors (Lipinski definition) is 2. The van der Waals surface area contributed by atoms with Crippen molar-refractivity contribution in [2.24, 2.45) is 0 Å². The van der Waals surface area contributed by atoms with Crippen LogP contribution < -0.4 is 10.9 Å². The van der Waals surface area contributed by atoms with Crippen LogP contribution in [0.5, 0.6) is 0 Å². The highest BCUT2D eigenvalue weighted by Crippen LogP contribution is 2.32. The molecule has 0 unspecified atom stereocenters. The van der Waals surface area contributed by atoms with E-state index < -0.39 is 0 Å². The number of aromatic nitrogens is 4. The molecule has 0 saturated heterocycles. The molecule has 0 radical (unpaired) electrons. The second-order valence-corrected chi connectivity index (χ2v) is 7.17. The summed E-state index contributed by atoms with van der Waals surface area (Å²) in [4.78, 5) is 19.6. The molecular weight excluding hydrogens is 350 g/mol. The second kappa shape index (κ2) is 6.96. The minimum atomic E-state index is -0.158. The molecule has 1 aliphatic rings. The normalized spacial score (nSPS) is 17.1. The van der Waals surface area contributed by atoms with Gasteiger partial charge in [-0.15, -0.1) is 0 Å². The monoisotopic (exact) mass is 369 g/mol. The van der Waals surface area contributed by atoms with Crippen LogP contribution in [0, 0.1) is 0 Å². The minimum Gasteiger partial charge on any atom is -0.349 e. The maximum Gasteiger partial charge on any atom is 0.252 e. The zero-order valence-electron chi connectivity index (χ0n) is 14.4. The summed E-state index contributed by atoms with van der Waals surface area (Å²) in [6.07, 6.45) is 5.40. The Morgan fingerprint density at radius 2 is 2.27 bits per heavy atom. The Bertz CT molecular complexity index is 980. The number of hydrogen-bond acceptors (Lipinski definition) is 4. The number of H-pyrrole nitrogens is 1. The first-order valence-corrected chi connectivity index (χ1v) is 9.10. The predicted molar refractivity (Wildman–Crippen MR) is 102 cm³/mol. The molecule has 1 aliphatic carbocycles. The van der Waals surface area contributed by atoms with E-state index in [0.717, 1.165) is 18.5 Å². The fraction of sp³-hybridized carbons (Fsp3) is 0.316. The first-order valence-electron chi connectivity index (χ1n) is 8.72. The zero-order valence-corrected chi connectivity index (χ0v) is 15.2. The second-order valence-electron chi connectivity index (χ2n) is 6.73. The Labute approximate surface area is 156 Å². The van der Waals surface area contributed by atoms with E-state index >= 15 is 0 Å². The van der Waals surface area contributed by atoms with E-state index in [0.29, 0.717) is 17.5 Å². The van der Waals surface area contributed by atoms with Gasteiger partial charge in [-0.3, -0.25) is 14.5 Å². The molecule has 2 N–H and O–H groups in total. The molecule has 134 valence electrons. The van der Waals surface area contributed by atoms with Gasteiger partial charge in [0.2, 0.25) is 5.95 Å². The number of aromatic amines is 1. The number of aryl methyl sites for hydroxylation is 1. The Morgan fingerprint density at radius 1 is 1.42 bits per heavy atom. The third-order valence-corrected chi connectivity index (χ3v) is 4.97. The van der Waals surface area contributed by atoms with E-state index in [-0.39, 0.29) is 17.5 Å². The smallest absolute Gasteiger partial charge is 0.252 e. The summed E-state index contributed by atoms with van der Waals surface area (Å²) in [5, 5.41) is 8.18. The number of anilines is 1. The summed E-state index contributed by atoms with van der Waals surface area (Å²) in [6.45, 7) is 2.63. The standard InChI is InChI=1S/C19H20ClN5O/c1-12(10-25-11-14(20)9-21-25)17-8-18(26)24-19(23-17)22-16-7-6-13-4-2-3-5-15(13)16/h2-5,8-9,11-12,16H,6-7,10H2,1H3,(H2,22,23,24,26)/t12-,16+/m0/s1. The molecule has 26 heavy (non-hydrogen) atoms. The number of nitrogens with zero attached hydrogens (tertiary/aromatic N) is 3. The van der Waals surface area contributed by atoms with Crippen molar-refractivity contribution in [2.45, 2.75) is 38.3 Å². The van der Waals surface area contributed by atoms with Gasteiger partial charge in [0.15, 0.2) is 0 Å². The molecular formula is C19H20ClN5O. The van der Waals surface area contributed by atoms with E-state index in [9.17, 15) is 4.79 Å². The molecule has 1 aromatic carbocycles. The Morgan fingerprint density at radius 3 is 3.08 bits per heavy atom. The van der Waals surface area contributed by atoms with Crippen LogP contribution in [0.1, 0.15) is 42.1 Å². The maximum atomic E-state index is 12.1. The number of benzene rings is 1. The van der Waals surface area contributed by atoms with Gasteiger partial charge in [-0.1, -0.05) is 42.8 Å². The van der Waals surface area contributed by atoms with Crippen molar-refractivity contribution >= 4 is 17.5 Å². The van der Waals surface area contributed by atoms with Crippen LogP contribution in [0.15, 0.2) is 47.5 Å². The molecule has 6 nitrogen and oxygen atoms in total. The van der Waals surface area contributed by atoms with E-state index in [1.165, 1.54) is 11.1 Å². The van der Waals surface area contributed by atoms with Crippen molar-refractivity contribution in [2.75, 3.05) is 5.32 Å². The van der Waals surface area contributed by atoms with Gasteiger partial charge in [0.1, 0.15) is 0 Å². The number of halogens is 1. The number of nitrogens with one attached hydrogen (secondary N) is 2. The van der Waals surface area contributed by atoms with Gasteiger partial charge in [-0.25, -0.2) is 4.98 Å². The molecule has 2 aromatic heterocycles. The third-order valence-electron chi connectivity index (χ3n) is 4.77. The van der Waals surface area contributed by atoms with E-state index in [4.69, 9.17) is 11.6 Å². The van der Waals surface area contributed by atoms with E-state index in [2.05, 4.69) is 38.6 Å². The van der Waals surface area contributed by atoms with Crippen LogP contribution >= 0.6 is 11.6 Å². The topological polar surface area (TPSA) is 75.6 Å². The van der Waals surface area contributed by atoms with Crippen LogP contribution in [0.2, 0.25) is 5.02 Å². The summed E-state index contributed by atoms with van der Waals surface area (Å²) in [7, 11) is 0. The molecule has 0 spiro atoms. The average molecular weight is 370 g/mol. The van der Waals surface area contributed by atoms with E-state index in [1.807, 2.05) is 13.0 Å². The lowest BCUT2D eigenvalue weighted by molar-refractivity contribution is 0.533. The van der Waals surface area contributed by atoms with Crippen molar-refractivity contribution in [3.63, 3.8) is 0 Å². The van der Waals surface area contributed by atoms with Gasteiger partial charge in [-0.2, -0.15) is 5.10 Å². The maximum absolute atomic E-state index is 12.1. The van der Waals surface area contributed by atoms with Crippen LogP contribution in [0.25, 0.3) is 0 Å². The van der Waals surface area contributed by atoms with Crippen molar-refractivity contribution in [3.05, 3.63) is 74.9 Å². The lowest BCUT2D eigenvalue weighted by Gasteiger charge is -2.16. The summed E-state index contributed by atoms with van der Waals surface area (Å²) in [6, 6.07) is 10.1. The van der Waals surface area contributed by atoms with Gasteiger partial charge >= 0.3 is 0 Å². The molecule has 0 amide bonds. The molecule has 2 heterocycles. The molecule has 0 fully saturated rings. The summed E-state index contributed by atoms with van der Waals surface area (Å²) in [5.74, 6) is 0.546. The minimum absolute atomic E-state index is 0.0321. The van der Waals surface area contributed by atoms with E-state index in [1.54, 1.807) is 23.1 Å². The number of fused-ring (bicyclic) bond motifs is 1. The van der Waals surface area contributed by atoms with Crippen LogP contribution in [-0.4, -0.2) is 19.7 Å². The highest BCUT2D eigenvalue weighted by atomic mass is 35.5. The first kappa shape index (κ1) is 16.8. The highest BCUT2D eigenvalue weighted by molar-refractivity contribution is 6.30. The van der Waals surface area contributed by atoms with Gasteiger partial charge in [0.05, 0.1) is 23.0 Å². The van der Waals surface area contributed by atoms with Gasteiger partial charge in [-0.05, 0) is 24.0 Å². The Balaban J connectivity index is 1.54. The average Bonchev–Trinajstić information content (AvgIpc) is 3.21. The van der Waals surface area contributed by atoms with Crippen molar-refractivity contribution in [1.29, 1.82) is 0 Å². The van der Waals surface area contributed by atoms with Crippen LogP contribution in [0.4, 0.5) is 5.95 Å². The van der Waals surface area contributed by atoms with Gasteiger partial charge in [0.25, 0.3) is 5.56 Å². The fourth-order valence-corrected chi connectivity index (χ4v) is 3.64. The Hall–Kier alpha value is -2.60. The Kier molecular flexibility index (Phi) is 4.51. The predicted octanol–water partition coefficient (Wildman–Crippen LogP) is 3.52. The SMILES string of the molecule is C[C@@H](Cn1cc(Cl)cn1)c1cc(=O)[nH]c(N[C@@H]2CCc3ccccc32)n1. The summed E-state index contributed by atoms with van der Waals surface area (Å²) < 4.78 is 1.76. The summed E-state index contributed by atoms with van der Waals surface area (Å²) >= 11 is 5.91. The zero-order chi connectivity index (χ0) is 18.1. The van der Waals surface area contributed by atoms with Crippen LogP contribution in [-0.2, 0) is 13.0 Å². The van der Waals surface area contributed by atoms with Crippen LogP contribution in [0.3, 0.4) is 0 Å². The molecule has 0 bridgehead atoms. The van der Waals surface area contributed by atoms with Crippen molar-refractivity contribution in [1.82, 2.24) is 19.7 Å². The highest BCUT2D eigenvalue weighted by Gasteiger charge is 2.22. The molecule has 2 atom stereocenters. The lowest BCUT2D eigenvalue weighted by Crippen LogP contribution is -2.18.